The first-order chi connectivity index (χ1) is 8.58. The number of aryl methyl sites for hydroxylation is 1. The largest absolute Gasteiger partial charge is 0.468 e. The maximum Gasteiger partial charge on any atom is 0.322 e. The van der Waals surface area contributed by atoms with E-state index in [1.165, 1.54) is 19.2 Å². The highest BCUT2D eigenvalue weighted by Gasteiger charge is 2.15. The molecule has 1 aromatic carbocycles. The van der Waals surface area contributed by atoms with Crippen LogP contribution in [-0.4, -0.2) is 25.7 Å². The van der Waals surface area contributed by atoms with Gasteiger partial charge in [-0.2, -0.15) is 0 Å². The van der Waals surface area contributed by atoms with Gasteiger partial charge >= 0.3 is 5.97 Å². The van der Waals surface area contributed by atoms with Crippen molar-refractivity contribution < 1.29 is 13.9 Å². The standard InChI is InChI=1S/C14H20FNO2/c1-4-13(14(17)18-3)16-8-7-11-5-6-12(15)9-10(11)2/h5-6,9,13,16H,4,7-8H2,1-3H3. The summed E-state index contributed by atoms with van der Waals surface area (Å²) in [4.78, 5) is 11.4. The number of nitrogens with one attached hydrogen (secondary N) is 1. The summed E-state index contributed by atoms with van der Waals surface area (Å²) in [7, 11) is 1.39. The molecule has 0 saturated heterocycles. The third kappa shape index (κ3) is 4.11. The summed E-state index contributed by atoms with van der Waals surface area (Å²) in [5.74, 6) is -0.460. The SMILES string of the molecule is CCC(NCCc1ccc(F)cc1C)C(=O)OC. The molecular weight excluding hydrogens is 233 g/mol. The summed E-state index contributed by atoms with van der Waals surface area (Å²) < 4.78 is 17.6. The predicted molar refractivity (Wildman–Crippen MR) is 68.9 cm³/mol. The monoisotopic (exact) mass is 253 g/mol. The maximum absolute atomic E-state index is 12.9. The maximum atomic E-state index is 12.9. The van der Waals surface area contributed by atoms with Gasteiger partial charge in [-0.3, -0.25) is 4.79 Å². The van der Waals surface area contributed by atoms with Gasteiger partial charge < -0.3 is 10.1 Å². The van der Waals surface area contributed by atoms with Gasteiger partial charge in [0.1, 0.15) is 11.9 Å². The minimum atomic E-state index is -0.268. The van der Waals surface area contributed by atoms with Gasteiger partial charge in [-0.05, 0) is 49.6 Å². The van der Waals surface area contributed by atoms with Crippen LogP contribution in [0.4, 0.5) is 4.39 Å². The molecule has 3 nitrogen and oxygen atoms in total. The van der Waals surface area contributed by atoms with Gasteiger partial charge in [0, 0.05) is 0 Å². The van der Waals surface area contributed by atoms with Crippen LogP contribution < -0.4 is 5.32 Å². The molecule has 1 aromatic rings. The third-order valence-electron chi connectivity index (χ3n) is 2.98. The molecule has 1 atom stereocenters. The summed E-state index contributed by atoms with van der Waals surface area (Å²) in [6, 6.07) is 4.49. The van der Waals surface area contributed by atoms with E-state index in [1.54, 1.807) is 6.07 Å². The van der Waals surface area contributed by atoms with E-state index in [1.807, 2.05) is 13.8 Å². The molecular formula is C14H20FNO2. The zero-order valence-electron chi connectivity index (χ0n) is 11.1. The predicted octanol–water partition coefficient (Wildman–Crippen LogP) is 2.22. The molecule has 1 N–H and O–H groups in total. The second-order valence-corrected chi connectivity index (χ2v) is 4.26. The highest BCUT2D eigenvalue weighted by Crippen LogP contribution is 2.10. The number of ether oxygens (including phenoxy) is 1. The quantitative estimate of drug-likeness (QED) is 0.790. The lowest BCUT2D eigenvalue weighted by Crippen LogP contribution is -2.38. The number of esters is 1. The summed E-state index contributed by atoms with van der Waals surface area (Å²) in [5, 5.41) is 3.14. The number of carbonyl (C=O) groups excluding carboxylic acids is 1. The topological polar surface area (TPSA) is 38.3 Å². The van der Waals surface area contributed by atoms with E-state index >= 15 is 0 Å². The molecule has 4 heteroatoms. The molecule has 0 aliphatic rings. The van der Waals surface area contributed by atoms with Crippen LogP contribution in [0.25, 0.3) is 0 Å². The van der Waals surface area contributed by atoms with Crippen LogP contribution in [0.5, 0.6) is 0 Å². The van der Waals surface area contributed by atoms with Crippen molar-refractivity contribution in [1.82, 2.24) is 5.32 Å². The fourth-order valence-electron chi connectivity index (χ4n) is 1.86. The first-order valence-electron chi connectivity index (χ1n) is 6.14. The Morgan fingerprint density at radius 3 is 2.78 bits per heavy atom. The fourth-order valence-corrected chi connectivity index (χ4v) is 1.86. The minimum Gasteiger partial charge on any atom is -0.468 e. The fraction of sp³-hybridized carbons (Fsp3) is 0.500. The summed E-state index contributed by atoms with van der Waals surface area (Å²) >= 11 is 0. The molecule has 0 heterocycles. The minimum absolute atomic E-state index is 0.217. The molecule has 0 fully saturated rings. The number of halogens is 1. The van der Waals surface area contributed by atoms with Gasteiger partial charge in [0.2, 0.25) is 0 Å². The van der Waals surface area contributed by atoms with Gasteiger partial charge in [0.05, 0.1) is 7.11 Å². The van der Waals surface area contributed by atoms with E-state index in [0.717, 1.165) is 17.5 Å². The molecule has 18 heavy (non-hydrogen) atoms. The van der Waals surface area contributed by atoms with Gasteiger partial charge in [0.15, 0.2) is 0 Å². The van der Waals surface area contributed by atoms with Gasteiger partial charge in [-0.25, -0.2) is 4.39 Å². The van der Waals surface area contributed by atoms with Crippen LogP contribution in [0.1, 0.15) is 24.5 Å². The number of hydrogen-bond acceptors (Lipinski definition) is 3. The highest BCUT2D eigenvalue weighted by molar-refractivity contribution is 5.75. The normalized spacial score (nSPS) is 12.2. The van der Waals surface area contributed by atoms with Crippen molar-refractivity contribution in [2.45, 2.75) is 32.7 Å². The number of hydrogen-bond donors (Lipinski definition) is 1. The van der Waals surface area contributed by atoms with Gasteiger partial charge in [-0.15, -0.1) is 0 Å². The van der Waals surface area contributed by atoms with Crippen molar-refractivity contribution in [2.24, 2.45) is 0 Å². The zero-order valence-corrected chi connectivity index (χ0v) is 11.1. The highest BCUT2D eigenvalue weighted by atomic mass is 19.1. The molecule has 0 aliphatic carbocycles. The number of rotatable bonds is 6. The van der Waals surface area contributed by atoms with E-state index in [0.29, 0.717) is 13.0 Å². The van der Waals surface area contributed by atoms with E-state index in [4.69, 9.17) is 4.74 Å². The van der Waals surface area contributed by atoms with E-state index in [-0.39, 0.29) is 17.8 Å². The number of carbonyl (C=O) groups is 1. The van der Waals surface area contributed by atoms with Crippen molar-refractivity contribution >= 4 is 5.97 Å². The van der Waals surface area contributed by atoms with Gasteiger partial charge in [0.25, 0.3) is 0 Å². The van der Waals surface area contributed by atoms with E-state index in [9.17, 15) is 9.18 Å². The Kier molecular flexibility index (Phi) is 5.78. The van der Waals surface area contributed by atoms with Crippen molar-refractivity contribution in [2.75, 3.05) is 13.7 Å². The van der Waals surface area contributed by atoms with Gasteiger partial charge in [-0.1, -0.05) is 13.0 Å². The number of methoxy groups -OCH3 is 1. The number of benzene rings is 1. The smallest absolute Gasteiger partial charge is 0.322 e. The molecule has 1 rings (SSSR count). The van der Waals surface area contributed by atoms with Crippen LogP contribution in [-0.2, 0) is 16.0 Å². The van der Waals surface area contributed by atoms with Crippen LogP contribution in [0.15, 0.2) is 18.2 Å². The summed E-state index contributed by atoms with van der Waals surface area (Å²) in [5.41, 5.74) is 2.02. The molecule has 1 unspecified atom stereocenters. The Balaban J connectivity index is 2.48. The Labute approximate surface area is 107 Å². The van der Waals surface area contributed by atoms with Crippen LogP contribution in [0.2, 0.25) is 0 Å². The van der Waals surface area contributed by atoms with Crippen LogP contribution in [0, 0.1) is 12.7 Å². The summed E-state index contributed by atoms with van der Waals surface area (Å²) in [6.07, 6.45) is 1.45. The zero-order chi connectivity index (χ0) is 13.5. The molecule has 0 spiro atoms. The lowest BCUT2D eigenvalue weighted by Gasteiger charge is -2.14. The molecule has 0 saturated carbocycles. The van der Waals surface area contributed by atoms with Crippen LogP contribution >= 0.6 is 0 Å². The Morgan fingerprint density at radius 2 is 2.22 bits per heavy atom. The summed E-state index contributed by atoms with van der Waals surface area (Å²) in [6.45, 7) is 4.48. The van der Waals surface area contributed by atoms with Crippen molar-refractivity contribution in [3.63, 3.8) is 0 Å². The second kappa shape index (κ2) is 7.11. The lowest BCUT2D eigenvalue weighted by molar-refractivity contribution is -0.143. The second-order valence-electron chi connectivity index (χ2n) is 4.26. The molecule has 0 aromatic heterocycles. The Morgan fingerprint density at radius 1 is 1.50 bits per heavy atom. The van der Waals surface area contributed by atoms with E-state index in [2.05, 4.69) is 5.32 Å². The lowest BCUT2D eigenvalue weighted by atomic mass is 10.1. The molecule has 0 aliphatic heterocycles. The molecule has 0 bridgehead atoms. The van der Waals surface area contributed by atoms with E-state index < -0.39 is 0 Å². The first kappa shape index (κ1) is 14.6. The molecule has 100 valence electrons. The molecule has 0 radical (unpaired) electrons. The molecule has 0 amide bonds. The average Bonchev–Trinajstić information content (AvgIpc) is 2.36. The van der Waals surface area contributed by atoms with Crippen molar-refractivity contribution in [1.29, 1.82) is 0 Å². The van der Waals surface area contributed by atoms with Crippen molar-refractivity contribution in [3.8, 4) is 0 Å². The Bertz CT molecular complexity index is 407. The van der Waals surface area contributed by atoms with Crippen molar-refractivity contribution in [3.05, 3.63) is 35.1 Å². The first-order valence-corrected chi connectivity index (χ1v) is 6.14. The Hall–Kier alpha value is -1.42. The average molecular weight is 253 g/mol. The van der Waals surface area contributed by atoms with Crippen LogP contribution in [0.3, 0.4) is 0 Å². The third-order valence-corrected chi connectivity index (χ3v) is 2.98.